The van der Waals surface area contributed by atoms with Gasteiger partial charge in [-0.05, 0) is 6.42 Å². The fraction of sp³-hybridized carbons (Fsp3) is 0.900. The van der Waals surface area contributed by atoms with Crippen LogP contribution in [0.1, 0.15) is 13.3 Å². The summed E-state index contributed by atoms with van der Waals surface area (Å²) in [5, 5.41) is 42.4. The third kappa shape index (κ3) is 3.53. The highest BCUT2D eigenvalue weighted by atomic mass is 16.6. The number of urea groups is 1. The van der Waals surface area contributed by atoms with Crippen molar-refractivity contribution >= 4 is 6.03 Å². The minimum absolute atomic E-state index is 0.462. The van der Waals surface area contributed by atoms with E-state index in [0.29, 0.717) is 6.54 Å². The molecule has 1 aliphatic rings. The minimum atomic E-state index is -1.49. The van der Waals surface area contributed by atoms with Crippen LogP contribution < -0.4 is 10.6 Å². The van der Waals surface area contributed by atoms with Gasteiger partial charge in [0.15, 0.2) is 6.23 Å². The molecule has 1 rings (SSSR count). The van der Waals surface area contributed by atoms with E-state index in [-0.39, 0.29) is 0 Å². The third-order valence-electron chi connectivity index (χ3n) is 2.70. The monoisotopic (exact) mass is 264 g/mol. The number of ether oxygens (including phenoxy) is 1. The van der Waals surface area contributed by atoms with E-state index < -0.39 is 43.3 Å². The summed E-state index contributed by atoms with van der Waals surface area (Å²) in [5.41, 5.74) is 0. The summed E-state index contributed by atoms with van der Waals surface area (Å²) in [6.45, 7) is 1.82. The van der Waals surface area contributed by atoms with Crippen molar-refractivity contribution < 1.29 is 30.0 Å². The largest absolute Gasteiger partial charge is 0.394 e. The lowest BCUT2D eigenvalue weighted by Crippen LogP contribution is -2.64. The Kier molecular flexibility index (Phi) is 5.76. The quantitative estimate of drug-likeness (QED) is 0.332. The fourth-order valence-corrected chi connectivity index (χ4v) is 1.64. The van der Waals surface area contributed by atoms with Crippen molar-refractivity contribution in [3.05, 3.63) is 0 Å². The Bertz CT molecular complexity index is 275. The Labute approximate surface area is 105 Å². The van der Waals surface area contributed by atoms with E-state index in [1.807, 2.05) is 6.92 Å². The van der Waals surface area contributed by atoms with E-state index >= 15 is 0 Å². The van der Waals surface area contributed by atoms with E-state index in [0.717, 1.165) is 6.42 Å². The Morgan fingerprint density at radius 3 is 2.44 bits per heavy atom. The fourth-order valence-electron chi connectivity index (χ4n) is 1.64. The van der Waals surface area contributed by atoms with Gasteiger partial charge in [0.05, 0.1) is 6.61 Å². The Morgan fingerprint density at radius 1 is 1.22 bits per heavy atom. The first kappa shape index (κ1) is 15.1. The molecule has 8 heteroatoms. The van der Waals surface area contributed by atoms with Gasteiger partial charge in [-0.15, -0.1) is 0 Å². The maximum atomic E-state index is 11.4. The van der Waals surface area contributed by atoms with Gasteiger partial charge in [0.1, 0.15) is 24.4 Å². The predicted molar refractivity (Wildman–Crippen MR) is 60.6 cm³/mol. The van der Waals surface area contributed by atoms with Crippen molar-refractivity contribution in [2.24, 2.45) is 0 Å². The van der Waals surface area contributed by atoms with Crippen LogP contribution in [0, 0.1) is 0 Å². The zero-order chi connectivity index (χ0) is 13.7. The SMILES string of the molecule is CCCNC(=O)N[C@@H]1O[C@H](CO)[C@@H](O)[C@H](O)[C@H]1O. The molecule has 0 saturated carbocycles. The Morgan fingerprint density at radius 2 is 1.89 bits per heavy atom. The van der Waals surface area contributed by atoms with E-state index in [4.69, 9.17) is 9.84 Å². The molecule has 106 valence electrons. The highest BCUT2D eigenvalue weighted by Crippen LogP contribution is 2.19. The molecular formula is C10H20N2O6. The molecule has 0 aliphatic carbocycles. The van der Waals surface area contributed by atoms with Crippen LogP contribution >= 0.6 is 0 Å². The van der Waals surface area contributed by atoms with Crippen LogP contribution in [0.25, 0.3) is 0 Å². The van der Waals surface area contributed by atoms with Crippen molar-refractivity contribution in [3.63, 3.8) is 0 Å². The van der Waals surface area contributed by atoms with Crippen molar-refractivity contribution in [1.29, 1.82) is 0 Å². The maximum absolute atomic E-state index is 11.4. The van der Waals surface area contributed by atoms with Gasteiger partial charge in [-0.2, -0.15) is 0 Å². The molecule has 0 aromatic rings. The molecule has 5 atom stereocenters. The number of nitrogens with one attached hydrogen (secondary N) is 2. The van der Waals surface area contributed by atoms with Crippen LogP contribution in [0.3, 0.4) is 0 Å². The van der Waals surface area contributed by atoms with Gasteiger partial charge in [0, 0.05) is 6.54 Å². The van der Waals surface area contributed by atoms with Crippen molar-refractivity contribution in [1.82, 2.24) is 10.6 Å². The lowest BCUT2D eigenvalue weighted by atomic mass is 9.98. The molecule has 0 unspecified atom stereocenters. The number of carbonyl (C=O) groups is 1. The lowest BCUT2D eigenvalue weighted by molar-refractivity contribution is -0.233. The van der Waals surface area contributed by atoms with Gasteiger partial charge >= 0.3 is 6.03 Å². The normalized spacial score (nSPS) is 36.2. The molecule has 1 fully saturated rings. The molecule has 0 radical (unpaired) electrons. The van der Waals surface area contributed by atoms with Gasteiger partial charge in [0.2, 0.25) is 0 Å². The highest BCUT2D eigenvalue weighted by molar-refractivity contribution is 5.74. The topological polar surface area (TPSA) is 131 Å². The lowest BCUT2D eigenvalue weighted by Gasteiger charge is -2.40. The number of amides is 2. The zero-order valence-electron chi connectivity index (χ0n) is 10.1. The third-order valence-corrected chi connectivity index (χ3v) is 2.70. The van der Waals surface area contributed by atoms with Gasteiger partial charge in [0.25, 0.3) is 0 Å². The molecule has 1 heterocycles. The van der Waals surface area contributed by atoms with Gasteiger partial charge < -0.3 is 35.8 Å². The van der Waals surface area contributed by atoms with Gasteiger partial charge in [-0.25, -0.2) is 4.79 Å². The predicted octanol–water partition coefficient (Wildman–Crippen LogP) is -2.50. The van der Waals surface area contributed by atoms with Gasteiger partial charge in [-0.3, -0.25) is 0 Å². The summed E-state index contributed by atoms with van der Waals surface area (Å²) in [6, 6.07) is -0.554. The summed E-state index contributed by atoms with van der Waals surface area (Å²) in [4.78, 5) is 11.4. The molecule has 1 saturated heterocycles. The van der Waals surface area contributed by atoms with Crippen LogP contribution in [0.4, 0.5) is 4.79 Å². The van der Waals surface area contributed by atoms with Crippen LogP contribution in [0.5, 0.6) is 0 Å². The minimum Gasteiger partial charge on any atom is -0.394 e. The molecular weight excluding hydrogens is 244 g/mol. The number of aliphatic hydroxyl groups is 4. The molecule has 0 spiro atoms. The van der Waals surface area contributed by atoms with Crippen LogP contribution in [0.15, 0.2) is 0 Å². The molecule has 8 nitrogen and oxygen atoms in total. The van der Waals surface area contributed by atoms with Crippen molar-refractivity contribution in [2.45, 2.75) is 44.0 Å². The molecule has 18 heavy (non-hydrogen) atoms. The number of aliphatic hydroxyl groups excluding tert-OH is 4. The summed E-state index contributed by atoms with van der Waals surface area (Å²) in [7, 11) is 0. The van der Waals surface area contributed by atoms with Crippen LogP contribution in [-0.2, 0) is 4.74 Å². The first-order chi connectivity index (χ1) is 8.51. The average molecular weight is 264 g/mol. The van der Waals surface area contributed by atoms with Gasteiger partial charge in [-0.1, -0.05) is 6.92 Å². The second-order valence-electron chi connectivity index (χ2n) is 4.15. The number of carbonyl (C=O) groups excluding carboxylic acids is 1. The smallest absolute Gasteiger partial charge is 0.316 e. The number of hydrogen-bond donors (Lipinski definition) is 6. The van der Waals surface area contributed by atoms with E-state index in [2.05, 4.69) is 10.6 Å². The van der Waals surface area contributed by atoms with Crippen molar-refractivity contribution in [3.8, 4) is 0 Å². The number of rotatable bonds is 4. The summed E-state index contributed by atoms with van der Waals surface area (Å²) < 4.78 is 5.10. The Balaban J connectivity index is 2.56. The summed E-state index contributed by atoms with van der Waals surface area (Å²) in [6.07, 6.45) is -5.84. The first-order valence-electron chi connectivity index (χ1n) is 5.86. The van der Waals surface area contributed by atoms with Crippen molar-refractivity contribution in [2.75, 3.05) is 13.2 Å². The highest BCUT2D eigenvalue weighted by Gasteiger charge is 2.43. The maximum Gasteiger partial charge on any atom is 0.316 e. The Hall–Kier alpha value is -0.930. The molecule has 0 aromatic carbocycles. The van der Waals surface area contributed by atoms with E-state index in [9.17, 15) is 20.1 Å². The molecule has 0 aromatic heterocycles. The number of hydrogen-bond acceptors (Lipinski definition) is 6. The van der Waals surface area contributed by atoms with Crippen LogP contribution in [0.2, 0.25) is 0 Å². The summed E-state index contributed by atoms with van der Waals surface area (Å²) in [5.74, 6) is 0. The van der Waals surface area contributed by atoms with Crippen LogP contribution in [-0.4, -0.2) is 70.3 Å². The molecule has 0 bridgehead atoms. The second-order valence-corrected chi connectivity index (χ2v) is 4.15. The van der Waals surface area contributed by atoms with E-state index in [1.54, 1.807) is 0 Å². The summed E-state index contributed by atoms with van der Waals surface area (Å²) >= 11 is 0. The first-order valence-corrected chi connectivity index (χ1v) is 5.86. The molecule has 1 aliphatic heterocycles. The standard InChI is InChI=1S/C10H20N2O6/c1-2-3-11-10(17)12-9-8(16)7(15)6(14)5(4-13)18-9/h5-9,13-16H,2-4H2,1H3,(H2,11,12,17)/t5-,6-,7+,8-,9-/m1/s1. The van der Waals surface area contributed by atoms with E-state index in [1.165, 1.54) is 0 Å². The molecule has 6 N–H and O–H groups in total. The average Bonchev–Trinajstić information content (AvgIpc) is 2.37. The zero-order valence-corrected chi connectivity index (χ0v) is 10.1. The second kappa shape index (κ2) is 6.86. The molecule has 2 amide bonds.